The highest BCUT2D eigenvalue weighted by Gasteiger charge is 2.43. The molecule has 1 aliphatic heterocycles. The number of ether oxygens (including phenoxy) is 1. The van der Waals surface area contributed by atoms with E-state index in [0.29, 0.717) is 38.7 Å². The summed E-state index contributed by atoms with van der Waals surface area (Å²) in [6.07, 6.45) is 3.47. The second-order valence-electron chi connectivity index (χ2n) is 5.22. The van der Waals surface area contributed by atoms with Crippen molar-refractivity contribution in [2.75, 3.05) is 6.61 Å². The van der Waals surface area contributed by atoms with Gasteiger partial charge >= 0.3 is 5.97 Å². The van der Waals surface area contributed by atoms with E-state index in [9.17, 15) is 14.4 Å². The van der Waals surface area contributed by atoms with Crippen LogP contribution in [-0.2, 0) is 19.1 Å². The van der Waals surface area contributed by atoms with Gasteiger partial charge in [-0.15, -0.1) is 0 Å². The van der Waals surface area contributed by atoms with E-state index < -0.39 is 5.41 Å². The number of ketones is 2. The Morgan fingerprint density at radius 1 is 1.24 bits per heavy atom. The van der Waals surface area contributed by atoms with Gasteiger partial charge in [-0.05, 0) is 32.6 Å². The van der Waals surface area contributed by atoms with E-state index in [-0.39, 0.29) is 23.5 Å². The zero-order chi connectivity index (χ0) is 12.5. The zero-order valence-corrected chi connectivity index (χ0v) is 10.2. The number of hydrogen-bond donors (Lipinski definition) is 0. The lowest BCUT2D eigenvalue weighted by Crippen LogP contribution is -2.40. The van der Waals surface area contributed by atoms with Crippen LogP contribution < -0.4 is 0 Å². The number of carbonyl (C=O) groups is 3. The Morgan fingerprint density at radius 3 is 2.41 bits per heavy atom. The van der Waals surface area contributed by atoms with Gasteiger partial charge in [-0.3, -0.25) is 14.4 Å². The smallest absolute Gasteiger partial charge is 0.309 e. The molecule has 0 spiro atoms. The summed E-state index contributed by atoms with van der Waals surface area (Å²) in [5.74, 6) is -0.209. The van der Waals surface area contributed by atoms with Crippen LogP contribution in [0.3, 0.4) is 0 Å². The molecule has 2 rings (SSSR count). The molecule has 0 N–H and O–H groups in total. The van der Waals surface area contributed by atoms with Crippen molar-refractivity contribution in [2.24, 2.45) is 11.3 Å². The van der Waals surface area contributed by atoms with Gasteiger partial charge in [-0.2, -0.15) is 0 Å². The maximum atomic E-state index is 11.9. The summed E-state index contributed by atoms with van der Waals surface area (Å²) in [5, 5.41) is 0. The first-order valence-electron chi connectivity index (χ1n) is 6.27. The molecule has 4 nitrogen and oxygen atoms in total. The molecule has 1 unspecified atom stereocenters. The Kier molecular flexibility index (Phi) is 3.31. The molecule has 17 heavy (non-hydrogen) atoms. The van der Waals surface area contributed by atoms with Crippen molar-refractivity contribution in [1.29, 1.82) is 0 Å². The minimum absolute atomic E-state index is 0.0418. The zero-order valence-electron chi connectivity index (χ0n) is 10.2. The van der Waals surface area contributed by atoms with E-state index in [0.717, 1.165) is 6.42 Å². The van der Waals surface area contributed by atoms with Crippen molar-refractivity contribution in [3.05, 3.63) is 0 Å². The van der Waals surface area contributed by atoms with Gasteiger partial charge in [0.2, 0.25) is 0 Å². The van der Waals surface area contributed by atoms with Crippen LogP contribution in [0.5, 0.6) is 0 Å². The second kappa shape index (κ2) is 4.59. The maximum absolute atomic E-state index is 11.9. The van der Waals surface area contributed by atoms with Crippen molar-refractivity contribution >= 4 is 17.5 Å². The SMILES string of the molecule is CC1(CCC2CCOC2=O)C(=O)CCCC1=O. The molecule has 1 atom stereocenters. The first-order chi connectivity index (χ1) is 8.04. The van der Waals surface area contributed by atoms with Crippen LogP contribution >= 0.6 is 0 Å². The van der Waals surface area contributed by atoms with Gasteiger partial charge < -0.3 is 4.74 Å². The quantitative estimate of drug-likeness (QED) is 0.554. The van der Waals surface area contributed by atoms with E-state index in [2.05, 4.69) is 0 Å². The van der Waals surface area contributed by atoms with Gasteiger partial charge in [0.05, 0.1) is 17.9 Å². The molecule has 2 fully saturated rings. The van der Waals surface area contributed by atoms with E-state index in [4.69, 9.17) is 4.74 Å². The first kappa shape index (κ1) is 12.3. The summed E-state index contributed by atoms with van der Waals surface area (Å²) in [6, 6.07) is 0. The van der Waals surface area contributed by atoms with Gasteiger partial charge in [0.1, 0.15) is 11.6 Å². The topological polar surface area (TPSA) is 60.4 Å². The summed E-state index contributed by atoms with van der Waals surface area (Å²) in [5.41, 5.74) is -0.846. The Balaban J connectivity index is 1.98. The number of cyclic esters (lactones) is 1. The summed E-state index contributed by atoms with van der Waals surface area (Å²) in [6.45, 7) is 2.21. The van der Waals surface area contributed by atoms with Crippen molar-refractivity contribution < 1.29 is 19.1 Å². The van der Waals surface area contributed by atoms with Crippen LogP contribution in [0.15, 0.2) is 0 Å². The van der Waals surface area contributed by atoms with E-state index in [1.165, 1.54) is 0 Å². The van der Waals surface area contributed by atoms with Crippen molar-refractivity contribution in [3.8, 4) is 0 Å². The van der Waals surface area contributed by atoms with Gasteiger partial charge in [0, 0.05) is 12.8 Å². The third-order valence-corrected chi connectivity index (χ3v) is 4.08. The van der Waals surface area contributed by atoms with Gasteiger partial charge in [-0.1, -0.05) is 0 Å². The number of rotatable bonds is 3. The fraction of sp³-hybridized carbons (Fsp3) is 0.769. The van der Waals surface area contributed by atoms with Crippen LogP contribution in [0.25, 0.3) is 0 Å². The van der Waals surface area contributed by atoms with Crippen LogP contribution in [0, 0.1) is 11.3 Å². The predicted molar refractivity (Wildman–Crippen MR) is 60.3 cm³/mol. The Bertz CT molecular complexity index is 342. The van der Waals surface area contributed by atoms with Crippen LogP contribution in [0.1, 0.15) is 45.4 Å². The van der Waals surface area contributed by atoms with Crippen LogP contribution in [0.4, 0.5) is 0 Å². The third kappa shape index (κ3) is 2.26. The molecule has 0 aromatic heterocycles. The Hall–Kier alpha value is -1.19. The van der Waals surface area contributed by atoms with Gasteiger partial charge in [-0.25, -0.2) is 0 Å². The van der Waals surface area contributed by atoms with Gasteiger partial charge in [0.25, 0.3) is 0 Å². The Morgan fingerprint density at radius 2 is 1.88 bits per heavy atom. The van der Waals surface area contributed by atoms with Crippen molar-refractivity contribution in [2.45, 2.75) is 45.4 Å². The molecule has 1 saturated heterocycles. The fourth-order valence-corrected chi connectivity index (χ4v) is 2.66. The van der Waals surface area contributed by atoms with E-state index in [1.54, 1.807) is 6.92 Å². The highest BCUT2D eigenvalue weighted by Crippen LogP contribution is 2.36. The average Bonchev–Trinajstić information content (AvgIpc) is 2.69. The van der Waals surface area contributed by atoms with E-state index >= 15 is 0 Å². The van der Waals surface area contributed by atoms with Crippen molar-refractivity contribution in [3.63, 3.8) is 0 Å². The second-order valence-corrected chi connectivity index (χ2v) is 5.22. The minimum Gasteiger partial charge on any atom is -0.465 e. The first-order valence-corrected chi connectivity index (χ1v) is 6.27. The molecule has 0 bridgehead atoms. The number of hydrogen-bond acceptors (Lipinski definition) is 4. The Labute approximate surface area is 101 Å². The molecule has 1 heterocycles. The molecular weight excluding hydrogens is 220 g/mol. The number of carbonyl (C=O) groups excluding carboxylic acids is 3. The monoisotopic (exact) mass is 238 g/mol. The third-order valence-electron chi connectivity index (χ3n) is 4.08. The van der Waals surface area contributed by atoms with Crippen LogP contribution in [-0.4, -0.2) is 24.1 Å². The molecule has 0 aromatic carbocycles. The molecule has 4 heteroatoms. The number of Topliss-reactive ketones (excluding diaryl/α,β-unsaturated/α-hetero) is 2. The highest BCUT2D eigenvalue weighted by atomic mass is 16.5. The normalized spacial score (nSPS) is 28.3. The molecular formula is C13H18O4. The number of esters is 1. The van der Waals surface area contributed by atoms with Gasteiger partial charge in [0.15, 0.2) is 0 Å². The predicted octanol–water partition coefficient (Wildman–Crippen LogP) is 1.66. The minimum atomic E-state index is -0.846. The molecule has 94 valence electrons. The fourth-order valence-electron chi connectivity index (χ4n) is 2.66. The molecule has 1 saturated carbocycles. The largest absolute Gasteiger partial charge is 0.465 e. The lowest BCUT2D eigenvalue weighted by atomic mass is 9.70. The summed E-state index contributed by atoms with van der Waals surface area (Å²) < 4.78 is 4.88. The van der Waals surface area contributed by atoms with E-state index in [1.807, 2.05) is 0 Å². The summed E-state index contributed by atoms with van der Waals surface area (Å²) in [4.78, 5) is 35.1. The standard InChI is InChI=1S/C13H18O4/c1-13(10(14)3-2-4-11(13)15)7-5-9-6-8-17-12(9)16/h9H,2-8H2,1H3. The average molecular weight is 238 g/mol. The summed E-state index contributed by atoms with van der Waals surface area (Å²) >= 11 is 0. The molecule has 0 radical (unpaired) electrons. The summed E-state index contributed by atoms with van der Waals surface area (Å²) in [7, 11) is 0. The maximum Gasteiger partial charge on any atom is 0.309 e. The molecule has 0 amide bonds. The van der Waals surface area contributed by atoms with Crippen LogP contribution in [0.2, 0.25) is 0 Å². The molecule has 1 aliphatic carbocycles. The highest BCUT2D eigenvalue weighted by molar-refractivity contribution is 6.08. The lowest BCUT2D eigenvalue weighted by Gasteiger charge is -2.30. The van der Waals surface area contributed by atoms with Crippen molar-refractivity contribution in [1.82, 2.24) is 0 Å². The lowest BCUT2D eigenvalue weighted by molar-refractivity contribution is -0.146. The molecule has 0 aromatic rings. The molecule has 2 aliphatic rings.